The van der Waals surface area contributed by atoms with Crippen LogP contribution in [0.1, 0.15) is 18.9 Å². The largest absolute Gasteiger partial charge is 0.385 e. The molecule has 18 heavy (non-hydrogen) atoms. The molecule has 0 bridgehead atoms. The van der Waals surface area contributed by atoms with Crippen LogP contribution in [0, 0.1) is 5.92 Å². The maximum Gasteiger partial charge on any atom is 0.0934 e. The van der Waals surface area contributed by atoms with Gasteiger partial charge in [0.15, 0.2) is 0 Å². The van der Waals surface area contributed by atoms with Gasteiger partial charge < -0.3 is 9.84 Å². The molecular formula is C15H17NO2. The third kappa shape index (κ3) is 1.89. The first-order valence-corrected chi connectivity index (χ1v) is 6.33. The lowest BCUT2D eigenvalue weighted by molar-refractivity contribution is -0.00985. The van der Waals surface area contributed by atoms with Gasteiger partial charge >= 0.3 is 0 Å². The van der Waals surface area contributed by atoms with Crippen molar-refractivity contribution in [2.24, 2.45) is 5.92 Å². The molecule has 1 aromatic heterocycles. The molecule has 1 aliphatic rings. The molecule has 0 aliphatic carbocycles. The minimum atomic E-state index is -0.868. The summed E-state index contributed by atoms with van der Waals surface area (Å²) in [6.45, 7) is 3.22. The zero-order chi connectivity index (χ0) is 12.6. The predicted octanol–water partition coefficient (Wildman–Crippen LogP) is 2.48. The number of nitrogens with zero attached hydrogens (tertiary/aromatic N) is 1. The fourth-order valence-electron chi connectivity index (χ4n) is 2.56. The van der Waals surface area contributed by atoms with Crippen LogP contribution in [0.5, 0.6) is 0 Å². The summed E-state index contributed by atoms with van der Waals surface area (Å²) in [5.41, 5.74) is 0.962. The van der Waals surface area contributed by atoms with Crippen molar-refractivity contribution in [2.45, 2.75) is 18.9 Å². The number of aliphatic hydroxyl groups is 1. The van der Waals surface area contributed by atoms with Crippen LogP contribution in [0.25, 0.3) is 10.9 Å². The van der Waals surface area contributed by atoms with Crippen molar-refractivity contribution in [1.29, 1.82) is 0 Å². The summed E-state index contributed by atoms with van der Waals surface area (Å²) in [5.74, 6) is 0.153. The summed E-state index contributed by atoms with van der Waals surface area (Å²) in [4.78, 5) is 4.42. The van der Waals surface area contributed by atoms with Gasteiger partial charge in [-0.15, -0.1) is 0 Å². The Bertz CT molecular complexity index is 559. The van der Waals surface area contributed by atoms with Gasteiger partial charge in [-0.05, 0) is 25.5 Å². The Labute approximate surface area is 106 Å². The number of aromatic nitrogens is 1. The molecule has 0 radical (unpaired) electrons. The molecule has 1 aliphatic heterocycles. The normalized spacial score (nSPS) is 23.1. The maximum absolute atomic E-state index is 10.7. The molecule has 1 aromatic carbocycles. The average molecular weight is 243 g/mol. The molecule has 0 amide bonds. The van der Waals surface area contributed by atoms with Gasteiger partial charge in [-0.3, -0.25) is 4.98 Å². The molecule has 1 N–H and O–H groups in total. The first kappa shape index (κ1) is 11.6. The van der Waals surface area contributed by atoms with Crippen LogP contribution in [0.4, 0.5) is 0 Å². The van der Waals surface area contributed by atoms with E-state index in [-0.39, 0.29) is 5.92 Å². The Hall–Kier alpha value is -1.45. The molecule has 0 saturated carbocycles. The van der Waals surface area contributed by atoms with Crippen LogP contribution in [-0.4, -0.2) is 23.3 Å². The fraction of sp³-hybridized carbons (Fsp3) is 0.400. The SMILES string of the molecule is CC(O)(c1cnc2ccccc2c1)C1CCOC1. The number of para-hydroxylation sites is 1. The molecule has 3 nitrogen and oxygen atoms in total. The molecule has 2 unspecified atom stereocenters. The van der Waals surface area contributed by atoms with Crippen molar-refractivity contribution in [3.8, 4) is 0 Å². The molecule has 1 saturated heterocycles. The maximum atomic E-state index is 10.7. The lowest BCUT2D eigenvalue weighted by Gasteiger charge is -2.29. The quantitative estimate of drug-likeness (QED) is 0.881. The summed E-state index contributed by atoms with van der Waals surface area (Å²) in [6.07, 6.45) is 2.68. The smallest absolute Gasteiger partial charge is 0.0934 e. The number of hydrogen-bond acceptors (Lipinski definition) is 3. The molecule has 1 fully saturated rings. The van der Waals surface area contributed by atoms with Crippen molar-refractivity contribution in [1.82, 2.24) is 4.98 Å². The zero-order valence-electron chi connectivity index (χ0n) is 10.5. The Balaban J connectivity index is 2.02. The molecule has 2 atom stereocenters. The molecule has 2 heterocycles. The summed E-state index contributed by atoms with van der Waals surface area (Å²) in [5, 5.41) is 11.8. The van der Waals surface area contributed by atoms with E-state index in [4.69, 9.17) is 4.74 Å². The summed E-state index contributed by atoms with van der Waals surface area (Å²) in [7, 11) is 0. The van der Waals surface area contributed by atoms with E-state index in [2.05, 4.69) is 4.98 Å². The minimum Gasteiger partial charge on any atom is -0.385 e. The second-order valence-electron chi connectivity index (χ2n) is 5.12. The van der Waals surface area contributed by atoms with Gasteiger partial charge in [0, 0.05) is 29.7 Å². The first-order valence-electron chi connectivity index (χ1n) is 6.33. The van der Waals surface area contributed by atoms with Crippen LogP contribution in [-0.2, 0) is 10.3 Å². The van der Waals surface area contributed by atoms with Gasteiger partial charge in [-0.1, -0.05) is 18.2 Å². The molecule has 94 valence electrons. The van der Waals surface area contributed by atoms with Crippen molar-refractivity contribution in [3.05, 3.63) is 42.1 Å². The van der Waals surface area contributed by atoms with Crippen LogP contribution in [0.2, 0.25) is 0 Å². The van der Waals surface area contributed by atoms with Gasteiger partial charge in [0.2, 0.25) is 0 Å². The number of pyridine rings is 1. The van der Waals surface area contributed by atoms with Crippen molar-refractivity contribution in [2.75, 3.05) is 13.2 Å². The molecular weight excluding hydrogens is 226 g/mol. The third-order valence-corrected chi connectivity index (χ3v) is 3.90. The second kappa shape index (κ2) is 4.34. The number of ether oxygens (including phenoxy) is 1. The predicted molar refractivity (Wildman–Crippen MR) is 70.2 cm³/mol. The van der Waals surface area contributed by atoms with Crippen molar-refractivity contribution >= 4 is 10.9 Å². The topological polar surface area (TPSA) is 42.4 Å². The average Bonchev–Trinajstić information content (AvgIpc) is 2.92. The van der Waals surface area contributed by atoms with Gasteiger partial charge in [0.05, 0.1) is 17.7 Å². The van der Waals surface area contributed by atoms with Gasteiger partial charge in [-0.25, -0.2) is 0 Å². The Morgan fingerprint density at radius 2 is 2.22 bits per heavy atom. The first-order chi connectivity index (χ1) is 8.68. The Morgan fingerprint density at radius 3 is 3.00 bits per heavy atom. The third-order valence-electron chi connectivity index (χ3n) is 3.90. The minimum absolute atomic E-state index is 0.153. The van der Waals surface area contributed by atoms with Crippen LogP contribution in [0.3, 0.4) is 0 Å². The zero-order valence-corrected chi connectivity index (χ0v) is 10.5. The molecule has 3 heteroatoms. The monoisotopic (exact) mass is 243 g/mol. The number of benzene rings is 1. The van der Waals surface area contributed by atoms with E-state index in [1.54, 1.807) is 6.20 Å². The van der Waals surface area contributed by atoms with Crippen molar-refractivity contribution in [3.63, 3.8) is 0 Å². The Morgan fingerprint density at radius 1 is 1.39 bits per heavy atom. The summed E-state index contributed by atoms with van der Waals surface area (Å²) >= 11 is 0. The van der Waals surface area contributed by atoms with Gasteiger partial charge in [0.1, 0.15) is 0 Å². The van der Waals surface area contributed by atoms with Gasteiger partial charge in [0.25, 0.3) is 0 Å². The van der Waals surface area contributed by atoms with E-state index in [1.807, 2.05) is 37.3 Å². The summed E-state index contributed by atoms with van der Waals surface area (Å²) < 4.78 is 5.37. The fourth-order valence-corrected chi connectivity index (χ4v) is 2.56. The van der Waals surface area contributed by atoms with E-state index >= 15 is 0 Å². The Kier molecular flexibility index (Phi) is 2.80. The van der Waals surface area contributed by atoms with Crippen molar-refractivity contribution < 1.29 is 9.84 Å². The molecule has 0 spiro atoms. The highest BCUT2D eigenvalue weighted by Crippen LogP contribution is 2.35. The highest BCUT2D eigenvalue weighted by molar-refractivity contribution is 5.78. The van der Waals surface area contributed by atoms with E-state index in [0.717, 1.165) is 29.5 Å². The highest BCUT2D eigenvalue weighted by Gasteiger charge is 2.36. The number of rotatable bonds is 2. The number of hydrogen-bond donors (Lipinski definition) is 1. The lowest BCUT2D eigenvalue weighted by Crippen LogP contribution is -2.32. The van der Waals surface area contributed by atoms with E-state index < -0.39 is 5.60 Å². The van der Waals surface area contributed by atoms with Crippen LogP contribution in [0.15, 0.2) is 36.5 Å². The molecule has 2 aromatic rings. The second-order valence-corrected chi connectivity index (χ2v) is 5.12. The van der Waals surface area contributed by atoms with Gasteiger partial charge in [-0.2, -0.15) is 0 Å². The summed E-state index contributed by atoms with van der Waals surface area (Å²) in [6, 6.07) is 9.99. The van der Waals surface area contributed by atoms with Crippen LogP contribution >= 0.6 is 0 Å². The standard InChI is InChI=1S/C15H17NO2/c1-15(17,12-6-7-18-10-12)13-8-11-4-2-3-5-14(11)16-9-13/h2-5,8-9,12,17H,6-7,10H2,1H3. The molecule has 3 rings (SSSR count). The highest BCUT2D eigenvalue weighted by atomic mass is 16.5. The van der Waals surface area contributed by atoms with E-state index in [0.29, 0.717) is 6.61 Å². The van der Waals surface area contributed by atoms with E-state index in [9.17, 15) is 5.11 Å². The number of fused-ring (bicyclic) bond motifs is 1. The van der Waals surface area contributed by atoms with E-state index in [1.165, 1.54) is 0 Å². The lowest BCUT2D eigenvalue weighted by atomic mass is 9.83. The van der Waals surface area contributed by atoms with Crippen LogP contribution < -0.4 is 0 Å².